The molecule has 162 valence electrons. The van der Waals surface area contributed by atoms with Gasteiger partial charge in [0.15, 0.2) is 0 Å². The van der Waals surface area contributed by atoms with Gasteiger partial charge in [0.05, 0.1) is 5.69 Å². The summed E-state index contributed by atoms with van der Waals surface area (Å²) in [5.74, 6) is 0.316. The molecule has 2 aromatic heterocycles. The third-order valence-electron chi connectivity index (χ3n) is 5.61. The van der Waals surface area contributed by atoms with Crippen LogP contribution in [0.4, 0.5) is 10.2 Å². The highest BCUT2D eigenvalue weighted by Crippen LogP contribution is 2.25. The van der Waals surface area contributed by atoms with E-state index in [1.807, 2.05) is 12.1 Å². The lowest BCUT2D eigenvalue weighted by Crippen LogP contribution is -2.40. The van der Waals surface area contributed by atoms with Gasteiger partial charge in [0, 0.05) is 37.5 Å². The highest BCUT2D eigenvalue weighted by atomic mass is 19.1. The van der Waals surface area contributed by atoms with Crippen molar-refractivity contribution in [2.45, 2.75) is 38.3 Å². The average molecular weight is 423 g/mol. The van der Waals surface area contributed by atoms with Crippen LogP contribution in [-0.4, -0.2) is 45.4 Å². The number of hydrogen-bond acceptors (Lipinski definition) is 5. The van der Waals surface area contributed by atoms with Gasteiger partial charge in [-0.2, -0.15) is 5.10 Å². The number of rotatable bonds is 7. The summed E-state index contributed by atoms with van der Waals surface area (Å²) in [4.78, 5) is 19.3. The Morgan fingerprint density at radius 2 is 2.06 bits per heavy atom. The molecule has 1 amide bonds. The molecule has 4 rings (SSSR count). The molecule has 8 heteroatoms. The van der Waals surface area contributed by atoms with Crippen LogP contribution >= 0.6 is 0 Å². The number of H-pyrrole nitrogens is 1. The second-order valence-corrected chi connectivity index (χ2v) is 7.74. The van der Waals surface area contributed by atoms with Crippen LogP contribution in [0.1, 0.15) is 41.7 Å². The number of aliphatic hydroxyl groups is 1. The molecule has 3 heterocycles. The van der Waals surface area contributed by atoms with Gasteiger partial charge in [-0.3, -0.25) is 9.89 Å². The first-order valence-electron chi connectivity index (χ1n) is 10.6. The van der Waals surface area contributed by atoms with Crippen LogP contribution in [-0.2, 0) is 6.54 Å². The van der Waals surface area contributed by atoms with Crippen molar-refractivity contribution in [3.05, 3.63) is 65.7 Å². The maximum Gasteiger partial charge on any atom is 0.269 e. The zero-order valence-electron chi connectivity index (χ0n) is 17.2. The van der Waals surface area contributed by atoms with Gasteiger partial charge in [-0.05, 0) is 67.6 Å². The van der Waals surface area contributed by atoms with Crippen LogP contribution in [0.2, 0.25) is 0 Å². The van der Waals surface area contributed by atoms with E-state index in [-0.39, 0.29) is 18.3 Å². The van der Waals surface area contributed by atoms with E-state index >= 15 is 0 Å². The maximum absolute atomic E-state index is 13.1. The van der Waals surface area contributed by atoms with E-state index < -0.39 is 0 Å². The molecule has 1 fully saturated rings. The third kappa shape index (κ3) is 5.08. The van der Waals surface area contributed by atoms with Crippen molar-refractivity contribution in [1.82, 2.24) is 20.5 Å². The van der Waals surface area contributed by atoms with E-state index in [9.17, 15) is 14.3 Å². The van der Waals surface area contributed by atoms with Gasteiger partial charge < -0.3 is 15.3 Å². The number of benzene rings is 1. The summed E-state index contributed by atoms with van der Waals surface area (Å²) in [6.07, 6.45) is 5.91. The Balaban J connectivity index is 1.35. The summed E-state index contributed by atoms with van der Waals surface area (Å²) in [6.45, 7) is 1.48. The second-order valence-electron chi connectivity index (χ2n) is 7.74. The zero-order valence-corrected chi connectivity index (χ0v) is 17.2. The number of amides is 1. The highest BCUT2D eigenvalue weighted by Gasteiger charge is 2.23. The largest absolute Gasteiger partial charge is 0.396 e. The van der Waals surface area contributed by atoms with Crippen molar-refractivity contribution in [3.8, 4) is 11.3 Å². The number of nitrogens with zero attached hydrogens (tertiary/aromatic N) is 3. The van der Waals surface area contributed by atoms with Crippen LogP contribution in [0.3, 0.4) is 0 Å². The lowest BCUT2D eigenvalue weighted by Gasteiger charge is -2.36. The van der Waals surface area contributed by atoms with Gasteiger partial charge in [0.1, 0.15) is 17.3 Å². The van der Waals surface area contributed by atoms with Crippen LogP contribution in [0.25, 0.3) is 11.3 Å². The molecule has 0 aliphatic carbocycles. The topological polar surface area (TPSA) is 94.1 Å². The summed E-state index contributed by atoms with van der Waals surface area (Å²) in [5, 5.41) is 19.0. The predicted octanol–water partition coefficient (Wildman–Crippen LogP) is 3.28. The van der Waals surface area contributed by atoms with Crippen molar-refractivity contribution in [2.75, 3.05) is 18.1 Å². The molecule has 31 heavy (non-hydrogen) atoms. The fourth-order valence-corrected chi connectivity index (χ4v) is 3.93. The van der Waals surface area contributed by atoms with Crippen LogP contribution in [0.5, 0.6) is 0 Å². The molecule has 3 aromatic rings. The maximum atomic E-state index is 13.1. The van der Waals surface area contributed by atoms with Gasteiger partial charge in [-0.15, -0.1) is 0 Å². The van der Waals surface area contributed by atoms with Gasteiger partial charge in [0.25, 0.3) is 5.91 Å². The lowest BCUT2D eigenvalue weighted by molar-refractivity contribution is 0.0946. The second kappa shape index (κ2) is 9.70. The molecular formula is C23H26FN5O2. The molecule has 3 N–H and O–H groups in total. The minimum Gasteiger partial charge on any atom is -0.396 e. The summed E-state index contributed by atoms with van der Waals surface area (Å²) < 4.78 is 13.1. The zero-order chi connectivity index (χ0) is 21.6. The van der Waals surface area contributed by atoms with E-state index in [1.165, 1.54) is 18.6 Å². The number of pyridine rings is 1. The number of halogens is 1. The predicted molar refractivity (Wildman–Crippen MR) is 116 cm³/mol. The van der Waals surface area contributed by atoms with E-state index in [1.54, 1.807) is 24.4 Å². The number of anilines is 1. The summed E-state index contributed by atoms with van der Waals surface area (Å²) in [5.41, 5.74) is 2.54. The van der Waals surface area contributed by atoms with Crippen molar-refractivity contribution < 1.29 is 14.3 Å². The van der Waals surface area contributed by atoms with Crippen molar-refractivity contribution in [2.24, 2.45) is 0 Å². The first-order chi connectivity index (χ1) is 15.1. The van der Waals surface area contributed by atoms with Crippen LogP contribution in [0.15, 0.2) is 48.7 Å². The van der Waals surface area contributed by atoms with E-state index in [4.69, 9.17) is 0 Å². The minimum atomic E-state index is -0.318. The normalized spacial score (nSPS) is 16.3. The van der Waals surface area contributed by atoms with Gasteiger partial charge >= 0.3 is 0 Å². The summed E-state index contributed by atoms with van der Waals surface area (Å²) >= 11 is 0. The molecule has 1 unspecified atom stereocenters. The molecule has 1 saturated heterocycles. The number of aromatic amines is 1. The van der Waals surface area contributed by atoms with Crippen molar-refractivity contribution >= 4 is 11.7 Å². The van der Waals surface area contributed by atoms with Gasteiger partial charge in [-0.1, -0.05) is 6.07 Å². The fraction of sp³-hybridized carbons (Fsp3) is 0.348. The van der Waals surface area contributed by atoms with E-state index in [2.05, 4.69) is 25.4 Å². The smallest absolute Gasteiger partial charge is 0.269 e. The third-order valence-corrected chi connectivity index (χ3v) is 5.61. The number of aromatic nitrogens is 3. The first-order valence-corrected chi connectivity index (χ1v) is 10.6. The monoisotopic (exact) mass is 423 g/mol. The Morgan fingerprint density at radius 1 is 1.23 bits per heavy atom. The molecule has 0 bridgehead atoms. The lowest BCUT2D eigenvalue weighted by atomic mass is 9.99. The summed E-state index contributed by atoms with van der Waals surface area (Å²) in [7, 11) is 0. The molecule has 1 atom stereocenters. The Labute approximate surface area is 180 Å². The Kier molecular flexibility index (Phi) is 6.57. The van der Waals surface area contributed by atoms with Crippen LogP contribution in [0, 0.1) is 5.82 Å². The number of carbonyl (C=O) groups excluding carboxylic acids is 1. The first kappa shape index (κ1) is 21.0. The number of aliphatic hydroxyl groups excluding tert-OH is 1. The highest BCUT2D eigenvalue weighted by molar-refractivity contribution is 5.93. The minimum absolute atomic E-state index is 0.182. The average Bonchev–Trinajstić information content (AvgIpc) is 3.29. The Hall–Kier alpha value is -3.26. The Morgan fingerprint density at radius 3 is 2.81 bits per heavy atom. The SMILES string of the molecule is O=C(NCc1ccc(N2CCCCC2CCO)nc1)c1cc(-c2ccc(F)cc2)n[nH]1. The molecule has 7 nitrogen and oxygen atoms in total. The van der Waals surface area contributed by atoms with Crippen molar-refractivity contribution in [3.63, 3.8) is 0 Å². The van der Waals surface area contributed by atoms with Gasteiger partial charge in [0.2, 0.25) is 0 Å². The molecular weight excluding hydrogens is 397 g/mol. The number of piperidine rings is 1. The molecule has 1 aliphatic rings. The van der Waals surface area contributed by atoms with Crippen molar-refractivity contribution in [1.29, 1.82) is 0 Å². The Bertz CT molecular complexity index is 1000. The number of carbonyl (C=O) groups is 1. The van der Waals surface area contributed by atoms with E-state index in [0.717, 1.165) is 42.8 Å². The molecule has 1 aromatic carbocycles. The van der Waals surface area contributed by atoms with Gasteiger partial charge in [-0.25, -0.2) is 9.37 Å². The standard InChI is InChI=1S/C23H26FN5O2/c24-18-7-5-17(6-8-18)20-13-21(28-27-20)23(31)26-15-16-4-9-22(25-14-16)29-11-2-1-3-19(29)10-12-30/h4-9,13-14,19,30H,1-3,10-12,15H2,(H,26,31)(H,27,28). The fourth-order valence-electron chi connectivity index (χ4n) is 3.93. The van der Waals surface area contributed by atoms with E-state index in [0.29, 0.717) is 24.0 Å². The molecule has 1 aliphatic heterocycles. The van der Waals surface area contributed by atoms with Crippen LogP contribution < -0.4 is 10.2 Å². The number of nitrogens with one attached hydrogen (secondary N) is 2. The molecule has 0 spiro atoms. The summed E-state index contributed by atoms with van der Waals surface area (Å²) in [6, 6.07) is 11.9. The molecule has 0 radical (unpaired) electrons. The molecule has 0 saturated carbocycles. The number of hydrogen-bond donors (Lipinski definition) is 3. The quantitative estimate of drug-likeness (QED) is 0.542.